The van der Waals surface area contributed by atoms with Crippen LogP contribution in [0.25, 0.3) is 0 Å². The summed E-state index contributed by atoms with van der Waals surface area (Å²) in [6.07, 6.45) is 8.32. The van der Waals surface area contributed by atoms with E-state index in [4.69, 9.17) is 16.3 Å². The minimum Gasteiger partial charge on any atom is -0.483 e. The van der Waals surface area contributed by atoms with Crippen LogP contribution in [0.3, 0.4) is 0 Å². The molecule has 24 heavy (non-hydrogen) atoms. The van der Waals surface area contributed by atoms with Gasteiger partial charge in [-0.3, -0.25) is 4.79 Å². The van der Waals surface area contributed by atoms with E-state index in [-0.39, 0.29) is 12.5 Å². The Balaban J connectivity index is 1.58. The highest BCUT2D eigenvalue weighted by atomic mass is 35.5. The van der Waals surface area contributed by atoms with E-state index in [2.05, 4.69) is 5.32 Å². The van der Waals surface area contributed by atoms with Crippen molar-refractivity contribution in [1.82, 2.24) is 5.32 Å². The molecule has 2 aliphatic rings. The molecular formula is C19H26ClNO2S. The highest BCUT2D eigenvalue weighted by Crippen LogP contribution is 2.38. The van der Waals surface area contributed by atoms with Crippen LogP contribution in [0.4, 0.5) is 0 Å². The normalized spacial score (nSPS) is 19.9. The van der Waals surface area contributed by atoms with Gasteiger partial charge in [0.25, 0.3) is 5.91 Å². The molecule has 1 heterocycles. The maximum Gasteiger partial charge on any atom is 0.258 e. The first-order valence-corrected chi connectivity index (χ1v) is 10.5. The van der Waals surface area contributed by atoms with Gasteiger partial charge in [-0.15, -0.1) is 0 Å². The summed E-state index contributed by atoms with van der Waals surface area (Å²) in [5.41, 5.74) is 1.17. The summed E-state index contributed by atoms with van der Waals surface area (Å²) < 4.78 is 5.87. The average molecular weight is 368 g/mol. The SMILES string of the molecule is O=C(COc1ccc(Cl)cc1C1CCCCC1)NC1CCSCC1. The van der Waals surface area contributed by atoms with Crippen molar-refractivity contribution in [1.29, 1.82) is 0 Å². The molecular weight excluding hydrogens is 342 g/mol. The monoisotopic (exact) mass is 367 g/mol. The number of carbonyl (C=O) groups is 1. The molecule has 0 atom stereocenters. The second-order valence-electron chi connectivity index (χ2n) is 6.76. The highest BCUT2D eigenvalue weighted by molar-refractivity contribution is 7.99. The average Bonchev–Trinajstić information content (AvgIpc) is 2.62. The van der Waals surface area contributed by atoms with Crippen LogP contribution in [-0.2, 0) is 4.79 Å². The fraction of sp³-hybridized carbons (Fsp3) is 0.632. The van der Waals surface area contributed by atoms with Gasteiger partial charge in [-0.25, -0.2) is 0 Å². The van der Waals surface area contributed by atoms with E-state index in [1.807, 2.05) is 30.0 Å². The summed E-state index contributed by atoms with van der Waals surface area (Å²) in [7, 11) is 0. The molecule has 1 N–H and O–H groups in total. The van der Waals surface area contributed by atoms with Crippen LogP contribution in [0.15, 0.2) is 18.2 Å². The number of thioether (sulfide) groups is 1. The third kappa shape index (κ3) is 5.06. The molecule has 5 heteroatoms. The predicted molar refractivity (Wildman–Crippen MR) is 101 cm³/mol. The van der Waals surface area contributed by atoms with Crippen molar-refractivity contribution < 1.29 is 9.53 Å². The molecule has 1 aliphatic heterocycles. The quantitative estimate of drug-likeness (QED) is 0.813. The molecule has 0 bridgehead atoms. The van der Waals surface area contributed by atoms with Crippen molar-refractivity contribution in [2.45, 2.75) is 56.9 Å². The van der Waals surface area contributed by atoms with Crippen molar-refractivity contribution in [2.24, 2.45) is 0 Å². The Hall–Kier alpha value is -0.870. The summed E-state index contributed by atoms with van der Waals surface area (Å²) in [6.45, 7) is 0.0883. The predicted octanol–water partition coefficient (Wildman–Crippen LogP) is 4.78. The number of carbonyl (C=O) groups excluding carboxylic acids is 1. The van der Waals surface area contributed by atoms with Gasteiger partial charge in [-0.2, -0.15) is 11.8 Å². The van der Waals surface area contributed by atoms with E-state index in [0.29, 0.717) is 12.0 Å². The van der Waals surface area contributed by atoms with E-state index in [1.54, 1.807) is 0 Å². The van der Waals surface area contributed by atoms with Crippen LogP contribution in [0.2, 0.25) is 5.02 Å². The molecule has 1 aromatic carbocycles. The van der Waals surface area contributed by atoms with Gasteiger partial charge in [0.1, 0.15) is 5.75 Å². The van der Waals surface area contributed by atoms with Crippen LogP contribution in [0, 0.1) is 0 Å². The van der Waals surface area contributed by atoms with Gasteiger partial charge in [-0.1, -0.05) is 30.9 Å². The fourth-order valence-corrected chi connectivity index (χ4v) is 4.92. The van der Waals surface area contributed by atoms with Crippen molar-refractivity contribution >= 4 is 29.3 Å². The molecule has 3 rings (SSSR count). The van der Waals surface area contributed by atoms with Crippen molar-refractivity contribution in [3.05, 3.63) is 28.8 Å². The summed E-state index contributed by atoms with van der Waals surface area (Å²) in [5, 5.41) is 3.84. The lowest BCUT2D eigenvalue weighted by Gasteiger charge is -2.25. The van der Waals surface area contributed by atoms with E-state index < -0.39 is 0 Å². The van der Waals surface area contributed by atoms with Crippen molar-refractivity contribution in [3.8, 4) is 5.75 Å². The van der Waals surface area contributed by atoms with Gasteiger partial charge in [0.05, 0.1) is 0 Å². The van der Waals surface area contributed by atoms with Gasteiger partial charge in [0.15, 0.2) is 6.61 Å². The number of ether oxygens (including phenoxy) is 1. The Kier molecular flexibility index (Phi) is 6.73. The molecule has 1 aliphatic carbocycles. The maximum atomic E-state index is 12.2. The van der Waals surface area contributed by atoms with Gasteiger partial charge in [0.2, 0.25) is 0 Å². The third-order valence-corrected chi connectivity index (χ3v) is 6.25. The fourth-order valence-electron chi connectivity index (χ4n) is 3.64. The molecule has 0 spiro atoms. The van der Waals surface area contributed by atoms with Crippen LogP contribution in [0.1, 0.15) is 56.4 Å². The zero-order chi connectivity index (χ0) is 16.8. The smallest absolute Gasteiger partial charge is 0.258 e. The summed E-state index contributed by atoms with van der Waals surface area (Å²) in [6, 6.07) is 6.09. The van der Waals surface area contributed by atoms with Crippen LogP contribution >= 0.6 is 23.4 Å². The van der Waals surface area contributed by atoms with Crippen molar-refractivity contribution in [3.63, 3.8) is 0 Å². The summed E-state index contributed by atoms with van der Waals surface area (Å²) in [4.78, 5) is 12.2. The van der Waals surface area contributed by atoms with Crippen LogP contribution in [0.5, 0.6) is 5.75 Å². The van der Waals surface area contributed by atoms with Crippen LogP contribution in [-0.4, -0.2) is 30.1 Å². The minimum absolute atomic E-state index is 0.0172. The van der Waals surface area contributed by atoms with E-state index in [0.717, 1.165) is 35.1 Å². The molecule has 132 valence electrons. The maximum absolute atomic E-state index is 12.2. The second kappa shape index (κ2) is 9.00. The molecule has 0 radical (unpaired) electrons. The lowest BCUT2D eigenvalue weighted by Crippen LogP contribution is -2.40. The number of hydrogen-bond acceptors (Lipinski definition) is 3. The lowest BCUT2D eigenvalue weighted by molar-refractivity contribution is -0.123. The van der Waals surface area contributed by atoms with Gasteiger partial charge in [-0.05, 0) is 66.9 Å². The number of benzene rings is 1. The Labute approximate surface area is 153 Å². The number of nitrogens with one attached hydrogen (secondary N) is 1. The largest absolute Gasteiger partial charge is 0.483 e. The van der Waals surface area contributed by atoms with Gasteiger partial charge < -0.3 is 10.1 Å². The highest BCUT2D eigenvalue weighted by Gasteiger charge is 2.21. The van der Waals surface area contributed by atoms with E-state index in [1.165, 1.54) is 37.7 Å². The van der Waals surface area contributed by atoms with Gasteiger partial charge in [0, 0.05) is 11.1 Å². The molecule has 1 saturated carbocycles. The lowest BCUT2D eigenvalue weighted by atomic mass is 9.84. The molecule has 0 unspecified atom stereocenters. The molecule has 3 nitrogen and oxygen atoms in total. The first-order chi connectivity index (χ1) is 11.7. The number of amides is 1. The van der Waals surface area contributed by atoms with E-state index >= 15 is 0 Å². The molecule has 1 saturated heterocycles. The number of halogens is 1. The Morgan fingerprint density at radius 1 is 1.17 bits per heavy atom. The Bertz CT molecular complexity index is 554. The zero-order valence-electron chi connectivity index (χ0n) is 14.1. The number of rotatable bonds is 5. The Morgan fingerprint density at radius 3 is 2.67 bits per heavy atom. The second-order valence-corrected chi connectivity index (χ2v) is 8.42. The van der Waals surface area contributed by atoms with Crippen LogP contribution < -0.4 is 10.1 Å². The molecule has 1 aromatic rings. The standard InChI is InChI=1S/C19H26ClNO2S/c20-15-6-7-18(17(12-15)14-4-2-1-3-5-14)23-13-19(22)21-16-8-10-24-11-9-16/h6-7,12,14,16H,1-5,8-11,13H2,(H,21,22). The third-order valence-electron chi connectivity index (χ3n) is 4.96. The molecule has 2 fully saturated rings. The summed E-state index contributed by atoms with van der Waals surface area (Å²) in [5.74, 6) is 3.58. The zero-order valence-corrected chi connectivity index (χ0v) is 15.6. The minimum atomic E-state index is -0.0172. The first kappa shape index (κ1) is 17.9. The van der Waals surface area contributed by atoms with Crippen molar-refractivity contribution in [2.75, 3.05) is 18.1 Å². The molecule has 1 amide bonds. The van der Waals surface area contributed by atoms with Gasteiger partial charge >= 0.3 is 0 Å². The first-order valence-electron chi connectivity index (χ1n) is 9.02. The topological polar surface area (TPSA) is 38.3 Å². The molecule has 0 aromatic heterocycles. The number of hydrogen-bond donors (Lipinski definition) is 1. The Morgan fingerprint density at radius 2 is 1.92 bits per heavy atom. The summed E-state index contributed by atoms with van der Waals surface area (Å²) >= 11 is 8.15. The van der Waals surface area contributed by atoms with E-state index in [9.17, 15) is 4.79 Å².